The van der Waals surface area contributed by atoms with Crippen molar-refractivity contribution in [2.24, 2.45) is 13.0 Å². The lowest BCUT2D eigenvalue weighted by Crippen LogP contribution is -2.44. The molecule has 0 spiro atoms. The first kappa shape index (κ1) is 18.7. The number of nitrogens with zero attached hydrogens (tertiary/aromatic N) is 4. The number of rotatable bonds is 4. The number of carbonyl (C=O) groups excluding carboxylic acids is 2. The number of aryl methyl sites for hydroxylation is 2. The molecule has 0 saturated carbocycles. The largest absolute Gasteiger partial charge is 0.352 e. The van der Waals surface area contributed by atoms with Gasteiger partial charge in [0.25, 0.3) is 5.91 Å². The van der Waals surface area contributed by atoms with Gasteiger partial charge in [0.15, 0.2) is 0 Å². The van der Waals surface area contributed by atoms with Crippen molar-refractivity contribution >= 4 is 11.8 Å². The van der Waals surface area contributed by atoms with Crippen molar-refractivity contribution in [2.75, 3.05) is 19.6 Å². The molecule has 7 nitrogen and oxygen atoms in total. The molecule has 1 atom stereocenters. The molecule has 0 radical (unpaired) electrons. The number of piperidine rings is 1. The third-order valence-corrected chi connectivity index (χ3v) is 5.94. The number of carbonyl (C=O) groups is 2. The molecule has 2 aromatic rings. The number of aromatic nitrogens is 3. The van der Waals surface area contributed by atoms with Crippen LogP contribution in [0.4, 0.5) is 0 Å². The average molecular weight is 381 g/mol. The first-order valence-corrected chi connectivity index (χ1v) is 10.1. The van der Waals surface area contributed by atoms with Gasteiger partial charge in [0.2, 0.25) is 5.91 Å². The third kappa shape index (κ3) is 3.93. The SMILES string of the molecule is Cn1cc(C(=O)NCC2CCN(C(=O)C3CCCc4cccnc43)CC2)cn1. The topological polar surface area (TPSA) is 80.1 Å². The smallest absolute Gasteiger partial charge is 0.254 e. The summed E-state index contributed by atoms with van der Waals surface area (Å²) in [7, 11) is 1.80. The van der Waals surface area contributed by atoms with Crippen LogP contribution in [0.5, 0.6) is 0 Å². The maximum atomic E-state index is 13.1. The molecule has 1 N–H and O–H groups in total. The van der Waals surface area contributed by atoms with Crippen molar-refractivity contribution in [1.82, 2.24) is 25.0 Å². The molecule has 148 valence electrons. The number of pyridine rings is 1. The second-order valence-electron chi connectivity index (χ2n) is 7.87. The molecule has 2 aromatic heterocycles. The Kier molecular flexibility index (Phi) is 5.41. The maximum Gasteiger partial charge on any atom is 0.254 e. The highest BCUT2D eigenvalue weighted by molar-refractivity contribution is 5.93. The lowest BCUT2D eigenvalue weighted by atomic mass is 9.85. The fourth-order valence-electron chi connectivity index (χ4n) is 4.31. The van der Waals surface area contributed by atoms with Crippen LogP contribution >= 0.6 is 0 Å². The van der Waals surface area contributed by atoms with Gasteiger partial charge >= 0.3 is 0 Å². The van der Waals surface area contributed by atoms with Crippen molar-refractivity contribution in [3.8, 4) is 0 Å². The van der Waals surface area contributed by atoms with Gasteiger partial charge < -0.3 is 10.2 Å². The van der Waals surface area contributed by atoms with Gasteiger partial charge in [-0.3, -0.25) is 19.3 Å². The quantitative estimate of drug-likeness (QED) is 0.877. The summed E-state index contributed by atoms with van der Waals surface area (Å²) in [5.41, 5.74) is 2.78. The Balaban J connectivity index is 1.28. The zero-order valence-electron chi connectivity index (χ0n) is 16.3. The van der Waals surface area contributed by atoms with Crippen molar-refractivity contribution in [3.05, 3.63) is 47.5 Å². The van der Waals surface area contributed by atoms with Crippen molar-refractivity contribution < 1.29 is 9.59 Å². The molecule has 2 aliphatic rings. The summed E-state index contributed by atoms with van der Waals surface area (Å²) in [5, 5.41) is 7.03. The Morgan fingerprint density at radius 1 is 1.25 bits per heavy atom. The summed E-state index contributed by atoms with van der Waals surface area (Å²) in [5.74, 6) is 0.446. The lowest BCUT2D eigenvalue weighted by Gasteiger charge is -2.35. The molecular weight excluding hydrogens is 354 g/mol. The number of hydrogen-bond acceptors (Lipinski definition) is 4. The molecular formula is C21H27N5O2. The molecule has 1 aliphatic carbocycles. The van der Waals surface area contributed by atoms with Crippen LogP contribution in [0.25, 0.3) is 0 Å². The minimum atomic E-state index is -0.0909. The van der Waals surface area contributed by atoms with Crippen LogP contribution < -0.4 is 5.32 Å². The molecule has 28 heavy (non-hydrogen) atoms. The van der Waals surface area contributed by atoms with Crippen LogP contribution in [0.1, 0.15) is 53.2 Å². The Morgan fingerprint density at radius 3 is 2.82 bits per heavy atom. The summed E-state index contributed by atoms with van der Waals surface area (Å²) < 4.78 is 1.62. The normalized spacial score (nSPS) is 19.9. The van der Waals surface area contributed by atoms with E-state index >= 15 is 0 Å². The maximum absolute atomic E-state index is 13.1. The van der Waals surface area contributed by atoms with E-state index in [-0.39, 0.29) is 17.7 Å². The first-order chi connectivity index (χ1) is 13.6. The summed E-state index contributed by atoms with van der Waals surface area (Å²) in [4.78, 5) is 31.7. The van der Waals surface area contributed by atoms with E-state index in [4.69, 9.17) is 0 Å². The zero-order chi connectivity index (χ0) is 19.5. The minimum absolute atomic E-state index is 0.0866. The Morgan fingerprint density at radius 2 is 2.07 bits per heavy atom. The molecule has 2 amide bonds. The summed E-state index contributed by atoms with van der Waals surface area (Å²) >= 11 is 0. The highest BCUT2D eigenvalue weighted by Gasteiger charge is 2.33. The predicted molar refractivity (Wildman–Crippen MR) is 105 cm³/mol. The van der Waals surface area contributed by atoms with Crippen LogP contribution in [0.2, 0.25) is 0 Å². The fraction of sp³-hybridized carbons (Fsp3) is 0.524. The first-order valence-electron chi connectivity index (χ1n) is 10.1. The van der Waals surface area contributed by atoms with E-state index in [1.807, 2.05) is 11.0 Å². The molecule has 1 fully saturated rings. The number of amides is 2. The van der Waals surface area contributed by atoms with Crippen LogP contribution in [0.15, 0.2) is 30.7 Å². The molecule has 1 unspecified atom stereocenters. The number of likely N-dealkylation sites (tertiary alicyclic amines) is 1. The van der Waals surface area contributed by atoms with Crippen molar-refractivity contribution in [1.29, 1.82) is 0 Å². The highest BCUT2D eigenvalue weighted by atomic mass is 16.2. The zero-order valence-corrected chi connectivity index (χ0v) is 16.3. The second-order valence-corrected chi connectivity index (χ2v) is 7.87. The van der Waals surface area contributed by atoms with Gasteiger partial charge in [-0.1, -0.05) is 6.07 Å². The van der Waals surface area contributed by atoms with Gasteiger partial charge in [-0.05, 0) is 49.7 Å². The molecule has 4 rings (SSSR count). The van der Waals surface area contributed by atoms with E-state index in [0.717, 1.165) is 50.9 Å². The van der Waals surface area contributed by atoms with E-state index in [0.29, 0.717) is 18.0 Å². The van der Waals surface area contributed by atoms with Gasteiger partial charge in [-0.25, -0.2) is 0 Å². The van der Waals surface area contributed by atoms with E-state index < -0.39 is 0 Å². The molecule has 1 saturated heterocycles. The van der Waals surface area contributed by atoms with E-state index in [9.17, 15) is 9.59 Å². The van der Waals surface area contributed by atoms with Crippen molar-refractivity contribution in [3.63, 3.8) is 0 Å². The number of fused-ring (bicyclic) bond motifs is 1. The van der Waals surface area contributed by atoms with Crippen LogP contribution in [-0.2, 0) is 18.3 Å². The van der Waals surface area contributed by atoms with Crippen LogP contribution in [0.3, 0.4) is 0 Å². The van der Waals surface area contributed by atoms with E-state index in [1.165, 1.54) is 5.56 Å². The fourth-order valence-corrected chi connectivity index (χ4v) is 4.31. The average Bonchev–Trinajstić information content (AvgIpc) is 3.18. The second kappa shape index (κ2) is 8.12. The van der Waals surface area contributed by atoms with Gasteiger partial charge in [0, 0.05) is 39.1 Å². The monoisotopic (exact) mass is 381 g/mol. The van der Waals surface area contributed by atoms with Gasteiger partial charge in [0.1, 0.15) is 0 Å². The standard InChI is InChI=1S/C21H27N5O2/c1-25-14-17(13-24-25)20(27)23-12-15-7-10-26(11-8-15)21(28)18-6-2-4-16-5-3-9-22-19(16)18/h3,5,9,13-15,18H,2,4,6-8,10-12H2,1H3,(H,23,27). The van der Waals surface area contributed by atoms with Crippen LogP contribution in [0, 0.1) is 5.92 Å². The lowest BCUT2D eigenvalue weighted by molar-refractivity contribution is -0.134. The molecule has 0 bridgehead atoms. The predicted octanol–water partition coefficient (Wildman–Crippen LogP) is 1.90. The van der Waals surface area contributed by atoms with Crippen LogP contribution in [-0.4, -0.2) is 51.1 Å². The van der Waals surface area contributed by atoms with Gasteiger partial charge in [-0.15, -0.1) is 0 Å². The Bertz CT molecular complexity index is 854. The molecule has 7 heteroatoms. The molecule has 0 aromatic carbocycles. The number of nitrogens with one attached hydrogen (secondary N) is 1. The highest BCUT2D eigenvalue weighted by Crippen LogP contribution is 2.32. The summed E-state index contributed by atoms with van der Waals surface area (Å²) in [6.07, 6.45) is 9.88. The van der Waals surface area contributed by atoms with Gasteiger partial charge in [-0.2, -0.15) is 5.10 Å². The number of hydrogen-bond donors (Lipinski definition) is 1. The summed E-state index contributed by atoms with van der Waals surface area (Å²) in [6, 6.07) is 4.05. The molecule has 3 heterocycles. The summed E-state index contributed by atoms with van der Waals surface area (Å²) in [6.45, 7) is 2.15. The Labute approximate surface area is 165 Å². The van der Waals surface area contributed by atoms with E-state index in [2.05, 4.69) is 21.5 Å². The third-order valence-electron chi connectivity index (χ3n) is 5.94. The minimum Gasteiger partial charge on any atom is -0.352 e. The Hall–Kier alpha value is -2.70. The van der Waals surface area contributed by atoms with Crippen molar-refractivity contribution in [2.45, 2.75) is 38.0 Å². The molecule has 1 aliphatic heterocycles. The van der Waals surface area contributed by atoms with Gasteiger partial charge in [0.05, 0.1) is 23.4 Å². The van der Waals surface area contributed by atoms with E-state index in [1.54, 1.807) is 30.3 Å².